The zero-order valence-corrected chi connectivity index (χ0v) is 9.07. The smallest absolute Gasteiger partial charge is 0.0533 e. The van der Waals surface area contributed by atoms with Crippen LogP contribution < -0.4 is 0 Å². The van der Waals surface area contributed by atoms with Crippen LogP contribution in [0.25, 0.3) is 0 Å². The molecule has 0 amide bonds. The molecule has 0 rings (SSSR count). The lowest BCUT2D eigenvalue weighted by Crippen LogP contribution is -1.77. The van der Waals surface area contributed by atoms with E-state index in [-0.39, 0.29) is 0 Å². The molecule has 0 atom stereocenters. The van der Waals surface area contributed by atoms with Crippen LogP contribution in [-0.2, 0) is 0 Å². The SMILES string of the molecule is C=C.CCCCCCCCCC. The summed E-state index contributed by atoms with van der Waals surface area (Å²) in [6, 6.07) is 0. The Morgan fingerprint density at radius 1 is 0.583 bits per heavy atom. The van der Waals surface area contributed by atoms with Crippen molar-refractivity contribution in [1.82, 2.24) is 0 Å². The van der Waals surface area contributed by atoms with Gasteiger partial charge < -0.3 is 0 Å². The second-order valence-corrected chi connectivity index (χ2v) is 3.12. The summed E-state index contributed by atoms with van der Waals surface area (Å²) in [5.41, 5.74) is 0. The van der Waals surface area contributed by atoms with E-state index in [1.807, 2.05) is 0 Å². The van der Waals surface area contributed by atoms with Gasteiger partial charge in [0.1, 0.15) is 0 Å². The molecule has 0 aromatic rings. The van der Waals surface area contributed by atoms with Crippen molar-refractivity contribution >= 4 is 0 Å². The zero-order valence-electron chi connectivity index (χ0n) is 9.07. The molecule has 0 N–H and O–H groups in total. The van der Waals surface area contributed by atoms with E-state index in [9.17, 15) is 0 Å². The molecule has 0 spiro atoms. The predicted molar refractivity (Wildman–Crippen MR) is 59.5 cm³/mol. The van der Waals surface area contributed by atoms with Crippen molar-refractivity contribution in [3.05, 3.63) is 13.2 Å². The first-order chi connectivity index (χ1) is 5.91. The van der Waals surface area contributed by atoms with Crippen LogP contribution in [0, 0.1) is 0 Å². The van der Waals surface area contributed by atoms with Gasteiger partial charge in [-0.1, -0.05) is 65.2 Å². The van der Waals surface area contributed by atoms with Crippen LogP contribution in [0.4, 0.5) is 0 Å². The van der Waals surface area contributed by atoms with Gasteiger partial charge in [-0.2, -0.15) is 0 Å². The highest BCUT2D eigenvalue weighted by Crippen LogP contribution is 2.07. The lowest BCUT2D eigenvalue weighted by atomic mass is 10.1. The third kappa shape index (κ3) is 16.4. The maximum atomic E-state index is 3.00. The minimum Gasteiger partial charge on any atom is -0.106 e. The van der Waals surface area contributed by atoms with Gasteiger partial charge in [-0.3, -0.25) is 0 Å². The van der Waals surface area contributed by atoms with E-state index < -0.39 is 0 Å². The summed E-state index contributed by atoms with van der Waals surface area (Å²) >= 11 is 0. The Balaban J connectivity index is 0. The number of rotatable bonds is 7. The molecule has 74 valence electrons. The molecular weight excluding hydrogens is 144 g/mol. The molecule has 0 aromatic heterocycles. The van der Waals surface area contributed by atoms with E-state index in [4.69, 9.17) is 0 Å². The fraction of sp³-hybridized carbons (Fsp3) is 0.833. The third-order valence-corrected chi connectivity index (χ3v) is 1.96. The van der Waals surface area contributed by atoms with Crippen LogP contribution in [-0.4, -0.2) is 0 Å². The topological polar surface area (TPSA) is 0 Å². The Morgan fingerprint density at radius 3 is 1.08 bits per heavy atom. The number of unbranched alkanes of at least 4 members (excludes halogenated alkanes) is 7. The molecule has 0 saturated heterocycles. The normalized spacial score (nSPS) is 8.83. The monoisotopic (exact) mass is 170 g/mol. The van der Waals surface area contributed by atoms with Gasteiger partial charge in [0.25, 0.3) is 0 Å². The van der Waals surface area contributed by atoms with Crippen LogP contribution >= 0.6 is 0 Å². The van der Waals surface area contributed by atoms with Crippen molar-refractivity contribution in [2.45, 2.75) is 65.2 Å². The van der Waals surface area contributed by atoms with Crippen molar-refractivity contribution in [2.24, 2.45) is 0 Å². The summed E-state index contributed by atoms with van der Waals surface area (Å²) in [6.07, 6.45) is 11.5. The molecule has 0 saturated carbocycles. The molecule has 0 heteroatoms. The van der Waals surface area contributed by atoms with Crippen LogP contribution in [0.5, 0.6) is 0 Å². The molecule has 0 nitrogen and oxygen atoms in total. The van der Waals surface area contributed by atoms with E-state index >= 15 is 0 Å². The van der Waals surface area contributed by atoms with Crippen molar-refractivity contribution < 1.29 is 0 Å². The molecule has 12 heavy (non-hydrogen) atoms. The molecule has 0 bridgehead atoms. The zero-order chi connectivity index (χ0) is 9.66. The quantitative estimate of drug-likeness (QED) is 0.374. The Labute approximate surface area is 79.1 Å². The van der Waals surface area contributed by atoms with Crippen LogP contribution in [0.15, 0.2) is 13.2 Å². The molecule has 0 aliphatic carbocycles. The van der Waals surface area contributed by atoms with Gasteiger partial charge in [0.15, 0.2) is 0 Å². The summed E-state index contributed by atoms with van der Waals surface area (Å²) in [6.45, 7) is 10.5. The van der Waals surface area contributed by atoms with Crippen molar-refractivity contribution in [3.63, 3.8) is 0 Å². The van der Waals surface area contributed by atoms with Crippen molar-refractivity contribution in [1.29, 1.82) is 0 Å². The van der Waals surface area contributed by atoms with Gasteiger partial charge >= 0.3 is 0 Å². The molecule has 0 aromatic carbocycles. The summed E-state index contributed by atoms with van der Waals surface area (Å²) in [5, 5.41) is 0. The fourth-order valence-electron chi connectivity index (χ4n) is 1.21. The van der Waals surface area contributed by atoms with E-state index in [0.29, 0.717) is 0 Å². The summed E-state index contributed by atoms with van der Waals surface area (Å²) in [4.78, 5) is 0. The lowest BCUT2D eigenvalue weighted by Gasteiger charge is -1.97. The van der Waals surface area contributed by atoms with Gasteiger partial charge in [0.05, 0.1) is 0 Å². The van der Waals surface area contributed by atoms with Crippen LogP contribution in [0.2, 0.25) is 0 Å². The van der Waals surface area contributed by atoms with E-state index in [0.717, 1.165) is 0 Å². The molecule has 0 aliphatic rings. The first-order valence-corrected chi connectivity index (χ1v) is 5.41. The molecule has 0 fully saturated rings. The highest BCUT2D eigenvalue weighted by Gasteiger charge is 1.87. The van der Waals surface area contributed by atoms with Gasteiger partial charge in [-0.05, 0) is 0 Å². The van der Waals surface area contributed by atoms with E-state index in [1.54, 1.807) is 0 Å². The Kier molecular flexibility index (Phi) is 20.2. The van der Waals surface area contributed by atoms with E-state index in [1.165, 1.54) is 51.4 Å². The lowest BCUT2D eigenvalue weighted by molar-refractivity contribution is 0.585. The van der Waals surface area contributed by atoms with Crippen molar-refractivity contribution in [3.8, 4) is 0 Å². The number of hydrogen-bond acceptors (Lipinski definition) is 0. The minimum absolute atomic E-state index is 1.37. The average molecular weight is 170 g/mol. The average Bonchev–Trinajstić information content (AvgIpc) is 2.15. The van der Waals surface area contributed by atoms with Crippen LogP contribution in [0.1, 0.15) is 65.2 Å². The molecular formula is C12H26. The van der Waals surface area contributed by atoms with Gasteiger partial charge in [-0.15, -0.1) is 13.2 Å². The molecule has 0 unspecified atom stereocenters. The highest BCUT2D eigenvalue weighted by atomic mass is 13.9. The fourth-order valence-corrected chi connectivity index (χ4v) is 1.21. The maximum absolute atomic E-state index is 3.00. The molecule has 0 heterocycles. The molecule has 0 radical (unpaired) electrons. The summed E-state index contributed by atoms with van der Waals surface area (Å²) in [7, 11) is 0. The second kappa shape index (κ2) is 17.0. The minimum atomic E-state index is 1.37. The first-order valence-electron chi connectivity index (χ1n) is 5.41. The maximum Gasteiger partial charge on any atom is -0.0533 e. The third-order valence-electron chi connectivity index (χ3n) is 1.96. The largest absolute Gasteiger partial charge is 0.106 e. The standard InChI is InChI=1S/C10H22.C2H4/c1-3-5-7-9-10-8-6-4-2;1-2/h3-10H2,1-2H3;1-2H2. The van der Waals surface area contributed by atoms with Gasteiger partial charge in [0, 0.05) is 0 Å². The molecule has 0 aliphatic heterocycles. The van der Waals surface area contributed by atoms with Gasteiger partial charge in [0.2, 0.25) is 0 Å². The van der Waals surface area contributed by atoms with Crippen molar-refractivity contribution in [2.75, 3.05) is 0 Å². The Hall–Kier alpha value is -0.260. The first kappa shape index (κ1) is 14.3. The predicted octanol–water partition coefficient (Wildman–Crippen LogP) is 4.95. The number of hydrogen-bond donors (Lipinski definition) is 0. The second-order valence-electron chi connectivity index (χ2n) is 3.12. The summed E-state index contributed by atoms with van der Waals surface area (Å²) in [5.74, 6) is 0. The Morgan fingerprint density at radius 2 is 0.833 bits per heavy atom. The van der Waals surface area contributed by atoms with Gasteiger partial charge in [-0.25, -0.2) is 0 Å². The summed E-state index contributed by atoms with van der Waals surface area (Å²) < 4.78 is 0. The van der Waals surface area contributed by atoms with E-state index in [2.05, 4.69) is 27.0 Å². The highest BCUT2D eigenvalue weighted by molar-refractivity contribution is 4.43. The van der Waals surface area contributed by atoms with Crippen LogP contribution in [0.3, 0.4) is 0 Å². The Bertz CT molecular complexity index is 49.1.